The van der Waals surface area contributed by atoms with Crippen LogP contribution < -0.4 is 5.32 Å². The highest BCUT2D eigenvalue weighted by Crippen LogP contribution is 2.66. The second-order valence-corrected chi connectivity index (χ2v) is 11.1. The van der Waals surface area contributed by atoms with Gasteiger partial charge in [0, 0.05) is 30.6 Å². The van der Waals surface area contributed by atoms with E-state index in [9.17, 15) is 9.90 Å². The van der Waals surface area contributed by atoms with E-state index in [0.29, 0.717) is 24.1 Å². The number of rotatable bonds is 6. The van der Waals surface area contributed by atoms with Gasteiger partial charge in [-0.15, -0.1) is 12.4 Å². The van der Waals surface area contributed by atoms with Gasteiger partial charge in [0.05, 0.1) is 29.8 Å². The average molecular weight is 497 g/mol. The van der Waals surface area contributed by atoms with Crippen molar-refractivity contribution >= 4 is 24.4 Å². The second kappa shape index (κ2) is 8.39. The Morgan fingerprint density at radius 3 is 2.91 bits per heavy atom. The zero-order chi connectivity index (χ0) is 22.9. The summed E-state index contributed by atoms with van der Waals surface area (Å²) in [4.78, 5) is 15.5. The lowest BCUT2D eigenvalue weighted by molar-refractivity contribution is -0.118. The van der Waals surface area contributed by atoms with Crippen molar-refractivity contribution < 1.29 is 19.1 Å². The predicted molar refractivity (Wildman–Crippen MR) is 135 cm³/mol. The number of hydrogen-bond acceptors (Lipinski definition) is 5. The summed E-state index contributed by atoms with van der Waals surface area (Å²) in [5, 5.41) is 13.5. The molecule has 3 aliphatic heterocycles. The Morgan fingerprint density at radius 1 is 1.23 bits per heavy atom. The Kier molecular flexibility index (Phi) is 5.55. The first-order chi connectivity index (χ1) is 16.6. The summed E-state index contributed by atoms with van der Waals surface area (Å²) in [5.41, 5.74) is 3.20. The van der Waals surface area contributed by atoms with E-state index in [0.717, 1.165) is 43.7 Å². The Bertz CT molecular complexity index is 1150. The molecule has 1 amide bonds. The highest BCUT2D eigenvalue weighted by atomic mass is 35.5. The maximum Gasteiger partial charge on any atom is 0.244 e. The van der Waals surface area contributed by atoms with Gasteiger partial charge < -0.3 is 19.6 Å². The minimum absolute atomic E-state index is 0. The molecule has 6 nitrogen and oxygen atoms in total. The average Bonchev–Trinajstić information content (AvgIpc) is 3.23. The van der Waals surface area contributed by atoms with Gasteiger partial charge in [-0.2, -0.15) is 0 Å². The number of nitrogens with zero attached hydrogens (tertiary/aromatic N) is 1. The van der Waals surface area contributed by atoms with Crippen molar-refractivity contribution in [3.8, 4) is 5.75 Å². The molecule has 7 rings (SSSR count). The topological polar surface area (TPSA) is 74.9 Å². The van der Waals surface area contributed by atoms with Crippen LogP contribution in [0, 0.1) is 11.8 Å². The van der Waals surface area contributed by atoms with Crippen molar-refractivity contribution in [1.82, 2.24) is 10.2 Å². The van der Waals surface area contributed by atoms with E-state index in [1.807, 2.05) is 18.2 Å². The Morgan fingerprint density at radius 2 is 2.11 bits per heavy atom. The van der Waals surface area contributed by atoms with Crippen molar-refractivity contribution in [2.45, 2.75) is 61.7 Å². The lowest BCUT2D eigenvalue weighted by Gasteiger charge is -2.60. The minimum atomic E-state index is -0.347. The summed E-state index contributed by atoms with van der Waals surface area (Å²) < 4.78 is 12.0. The highest BCUT2D eigenvalue weighted by molar-refractivity contribution is 5.91. The van der Waals surface area contributed by atoms with Crippen LogP contribution in [0.2, 0.25) is 0 Å². The smallest absolute Gasteiger partial charge is 0.244 e. The van der Waals surface area contributed by atoms with Crippen LogP contribution in [-0.4, -0.2) is 52.8 Å². The molecule has 1 aromatic heterocycles. The van der Waals surface area contributed by atoms with E-state index in [-0.39, 0.29) is 35.6 Å². The number of benzene rings is 1. The minimum Gasteiger partial charge on any atom is -0.508 e. The first-order valence-electron chi connectivity index (χ1n) is 12.8. The fourth-order valence-electron chi connectivity index (χ4n) is 7.81. The van der Waals surface area contributed by atoms with Gasteiger partial charge in [0.2, 0.25) is 5.91 Å². The quantitative estimate of drug-likeness (QED) is 0.584. The molecule has 186 valence electrons. The molecule has 0 radical (unpaired) electrons. The SMILES string of the molecule is Cl.O=C(/C=C/c1ccoc1)NC[C@]12CCC(O1)C13Cc4ccc(O)cc4C(CCN1CC1CC1)C32. The summed E-state index contributed by atoms with van der Waals surface area (Å²) in [6, 6.07) is 7.80. The zero-order valence-corrected chi connectivity index (χ0v) is 20.6. The van der Waals surface area contributed by atoms with Crippen LogP contribution in [0.5, 0.6) is 5.75 Å². The van der Waals surface area contributed by atoms with Crippen LogP contribution in [0.15, 0.2) is 47.3 Å². The Labute approximate surface area is 212 Å². The molecule has 5 atom stereocenters. The van der Waals surface area contributed by atoms with Gasteiger partial charge in [0.15, 0.2) is 0 Å². The van der Waals surface area contributed by atoms with Crippen LogP contribution in [0.4, 0.5) is 0 Å². The van der Waals surface area contributed by atoms with E-state index in [2.05, 4.69) is 16.3 Å². The number of amides is 1. The lowest BCUT2D eigenvalue weighted by Crippen LogP contribution is -2.70. The summed E-state index contributed by atoms with van der Waals surface area (Å²) >= 11 is 0. The van der Waals surface area contributed by atoms with Gasteiger partial charge in [-0.1, -0.05) is 6.07 Å². The fourth-order valence-corrected chi connectivity index (χ4v) is 7.81. The number of fused-ring (bicyclic) bond motifs is 4. The third-order valence-electron chi connectivity index (χ3n) is 9.28. The van der Waals surface area contributed by atoms with Gasteiger partial charge in [-0.05, 0) is 92.3 Å². The van der Waals surface area contributed by atoms with Crippen molar-refractivity contribution in [1.29, 1.82) is 0 Å². The van der Waals surface area contributed by atoms with Gasteiger partial charge >= 0.3 is 0 Å². The molecule has 2 aliphatic carbocycles. The molecule has 4 bridgehead atoms. The number of aromatic hydroxyl groups is 1. The molecule has 1 aromatic carbocycles. The number of piperidine rings is 1. The van der Waals surface area contributed by atoms with Gasteiger partial charge in [-0.3, -0.25) is 9.69 Å². The lowest BCUT2D eigenvalue weighted by atomic mass is 9.52. The number of carbonyl (C=O) groups excluding carboxylic acids is 1. The number of ether oxygens (including phenoxy) is 1. The molecule has 2 aromatic rings. The van der Waals surface area contributed by atoms with E-state index in [1.165, 1.54) is 30.5 Å². The molecular weight excluding hydrogens is 464 g/mol. The fraction of sp³-hybridized carbons (Fsp3) is 0.536. The number of phenols is 1. The third kappa shape index (κ3) is 3.56. The van der Waals surface area contributed by atoms with Gasteiger partial charge in [-0.25, -0.2) is 0 Å². The number of carbonyl (C=O) groups is 1. The van der Waals surface area contributed by atoms with Crippen molar-refractivity contribution in [3.63, 3.8) is 0 Å². The summed E-state index contributed by atoms with van der Waals surface area (Å²) in [7, 11) is 0. The van der Waals surface area contributed by atoms with Crippen LogP contribution in [-0.2, 0) is 16.0 Å². The van der Waals surface area contributed by atoms with Crippen LogP contribution in [0.3, 0.4) is 0 Å². The first kappa shape index (κ1) is 23.1. The molecule has 4 fully saturated rings. The molecule has 4 heterocycles. The monoisotopic (exact) mass is 496 g/mol. The second-order valence-electron chi connectivity index (χ2n) is 11.1. The highest BCUT2D eigenvalue weighted by Gasteiger charge is 2.73. The third-order valence-corrected chi connectivity index (χ3v) is 9.28. The van der Waals surface area contributed by atoms with Crippen molar-refractivity contribution in [2.75, 3.05) is 19.6 Å². The van der Waals surface area contributed by atoms with Crippen LogP contribution >= 0.6 is 12.4 Å². The molecule has 5 aliphatic rings. The number of halogens is 1. The summed E-state index contributed by atoms with van der Waals surface area (Å²) in [6.45, 7) is 2.81. The standard InChI is InChI=1S/C28H32N2O4.ClH/c31-21-5-4-20-14-28-24-7-10-27(34-24,17-29-25(32)6-3-19-9-12-33-16-19)26(28)22(23(20)13-21)8-11-30(28)15-18-1-2-18;/h3-6,9,12-13,16,18,22,24,26,31H,1-2,7-8,10-11,14-15,17H2,(H,29,32);1H/b6-3+;/t22?,24?,26?,27-,28?;/m0./s1. The van der Waals surface area contributed by atoms with E-state index < -0.39 is 0 Å². The first-order valence-corrected chi connectivity index (χ1v) is 12.8. The normalized spacial score (nSPS) is 34.9. The summed E-state index contributed by atoms with van der Waals surface area (Å²) in [5.74, 6) is 1.77. The molecule has 1 saturated carbocycles. The van der Waals surface area contributed by atoms with E-state index >= 15 is 0 Å². The van der Waals surface area contributed by atoms with E-state index in [4.69, 9.17) is 9.15 Å². The number of hydrogen-bond donors (Lipinski definition) is 2. The number of phenolic OH excluding ortho intramolecular Hbond substituents is 1. The maximum atomic E-state index is 12.7. The number of furan rings is 1. The van der Waals surface area contributed by atoms with Gasteiger partial charge in [0.1, 0.15) is 5.75 Å². The number of likely N-dealkylation sites (tertiary alicyclic amines) is 1. The molecule has 3 saturated heterocycles. The Balaban J connectivity index is 0.00000229. The maximum absolute atomic E-state index is 12.7. The van der Waals surface area contributed by atoms with Crippen molar-refractivity contribution in [3.05, 3.63) is 59.6 Å². The zero-order valence-electron chi connectivity index (χ0n) is 19.8. The molecule has 35 heavy (non-hydrogen) atoms. The number of nitrogens with one attached hydrogen (secondary N) is 1. The molecule has 4 unspecified atom stereocenters. The van der Waals surface area contributed by atoms with Gasteiger partial charge in [0.25, 0.3) is 0 Å². The summed E-state index contributed by atoms with van der Waals surface area (Å²) in [6.07, 6.45) is 13.6. The molecule has 0 spiro atoms. The van der Waals surface area contributed by atoms with Crippen LogP contribution in [0.25, 0.3) is 6.08 Å². The molecule has 7 heteroatoms. The van der Waals surface area contributed by atoms with Crippen molar-refractivity contribution in [2.24, 2.45) is 11.8 Å². The van der Waals surface area contributed by atoms with E-state index in [1.54, 1.807) is 24.7 Å². The molecule has 2 N–H and O–H groups in total. The van der Waals surface area contributed by atoms with Crippen LogP contribution in [0.1, 0.15) is 54.7 Å². The predicted octanol–water partition coefficient (Wildman–Crippen LogP) is 4.28. The molecular formula is C28H33ClN2O4. The Hall–Kier alpha value is -2.28. The largest absolute Gasteiger partial charge is 0.508 e.